The highest BCUT2D eigenvalue weighted by Crippen LogP contribution is 2.49. The lowest BCUT2D eigenvalue weighted by Gasteiger charge is -2.18. The van der Waals surface area contributed by atoms with Crippen molar-refractivity contribution in [1.82, 2.24) is 5.48 Å². The zero-order chi connectivity index (χ0) is 19.8. The van der Waals surface area contributed by atoms with Crippen LogP contribution in [0.15, 0.2) is 0 Å². The number of hydroxylamine groups is 1. The topological polar surface area (TPSA) is 84.9 Å². The lowest BCUT2D eigenvalue weighted by molar-refractivity contribution is -0.128. The second kappa shape index (κ2) is 15.6. The van der Waals surface area contributed by atoms with Crippen molar-refractivity contribution in [3.63, 3.8) is 0 Å². The maximum Gasteiger partial charge on any atom is 0.331 e. The maximum absolute atomic E-state index is 12.8. The number of carbonyl (C=O) groups is 1. The van der Waals surface area contributed by atoms with Gasteiger partial charge in [0.15, 0.2) is 0 Å². The number of carbonyl (C=O) groups excluding carboxylic acids is 1. The van der Waals surface area contributed by atoms with Crippen LogP contribution in [0, 0.1) is 11.8 Å². The smallest absolute Gasteiger partial charge is 0.309 e. The average molecular weight is 394 g/mol. The molecule has 0 saturated heterocycles. The fraction of sp³-hybridized carbons (Fsp3) is 0.947. The largest absolute Gasteiger partial charge is 0.331 e. The predicted molar refractivity (Wildman–Crippen MR) is 106 cm³/mol. The Morgan fingerprint density at radius 3 is 1.73 bits per heavy atom. The molecule has 0 heterocycles. The van der Waals surface area contributed by atoms with Crippen LogP contribution in [0.1, 0.15) is 85.5 Å². The second-order valence-corrected chi connectivity index (χ2v) is 9.96. The Kier molecular flexibility index (Phi) is 15.4. The molecule has 0 fully saturated rings. The summed E-state index contributed by atoms with van der Waals surface area (Å²) in [4.78, 5) is 11.2. The molecule has 1 amide bonds. The second-order valence-electron chi connectivity index (χ2n) is 7.77. The molecule has 2 N–H and O–H groups in total. The molecule has 0 aromatic rings. The lowest BCUT2D eigenvalue weighted by atomic mass is 10.1. The fourth-order valence-electron chi connectivity index (χ4n) is 2.53. The Hall–Kier alpha value is -0.420. The van der Waals surface area contributed by atoms with Gasteiger partial charge in [0.05, 0.1) is 19.4 Å². The minimum absolute atomic E-state index is 0.00260. The van der Waals surface area contributed by atoms with Crippen LogP contribution >= 0.6 is 7.60 Å². The summed E-state index contributed by atoms with van der Waals surface area (Å²) in [6.07, 6.45) is 8.29. The molecule has 0 aromatic heterocycles. The minimum atomic E-state index is -3.29. The zero-order valence-corrected chi connectivity index (χ0v) is 18.1. The van der Waals surface area contributed by atoms with Crippen molar-refractivity contribution >= 4 is 13.5 Å². The number of amides is 1. The summed E-state index contributed by atoms with van der Waals surface area (Å²) in [5.74, 6) is 0.808. The molecule has 0 aliphatic carbocycles. The van der Waals surface area contributed by atoms with Gasteiger partial charge in [-0.15, -0.1) is 0 Å². The summed E-state index contributed by atoms with van der Waals surface area (Å²) in [5, 5.41) is 8.60. The van der Waals surface area contributed by atoms with Crippen molar-refractivity contribution in [2.75, 3.05) is 19.4 Å². The molecule has 0 aromatic carbocycles. The molecule has 0 bridgehead atoms. The Morgan fingerprint density at radius 1 is 0.885 bits per heavy atom. The van der Waals surface area contributed by atoms with Crippen molar-refractivity contribution in [2.45, 2.75) is 85.5 Å². The van der Waals surface area contributed by atoms with Crippen LogP contribution in [-0.2, 0) is 18.4 Å². The first kappa shape index (κ1) is 25.6. The third kappa shape index (κ3) is 15.8. The van der Waals surface area contributed by atoms with Crippen molar-refractivity contribution < 1.29 is 23.6 Å². The highest BCUT2D eigenvalue weighted by atomic mass is 31.2. The van der Waals surface area contributed by atoms with Crippen LogP contribution in [-0.4, -0.2) is 30.5 Å². The van der Waals surface area contributed by atoms with Gasteiger partial charge in [0, 0.05) is 6.42 Å². The summed E-state index contributed by atoms with van der Waals surface area (Å²) in [7, 11) is -3.29. The van der Waals surface area contributed by atoms with E-state index in [1.165, 1.54) is 12.8 Å². The first-order valence-electron chi connectivity index (χ1n) is 10.1. The SMILES string of the molecule is CC(C)CCCCCOP(=O)(CCC(=O)NO)OCCCCCC(C)C. The lowest BCUT2D eigenvalue weighted by Crippen LogP contribution is -2.20. The van der Waals surface area contributed by atoms with E-state index in [9.17, 15) is 9.36 Å². The number of rotatable bonds is 17. The molecule has 0 rings (SSSR count). The molecule has 0 unspecified atom stereocenters. The van der Waals surface area contributed by atoms with Crippen molar-refractivity contribution in [3.05, 3.63) is 0 Å². The molecule has 0 aliphatic rings. The molecular weight excluding hydrogens is 353 g/mol. The standard InChI is InChI=1S/C19H40NO5P/c1-17(2)11-7-5-9-14-24-26(23,16-13-19(21)20-22)25-15-10-6-8-12-18(3)4/h17-18,22H,5-16H2,1-4H3,(H,20,21). The highest BCUT2D eigenvalue weighted by molar-refractivity contribution is 7.53. The van der Waals surface area contributed by atoms with E-state index in [1.54, 1.807) is 5.48 Å². The van der Waals surface area contributed by atoms with Crippen LogP contribution in [0.25, 0.3) is 0 Å². The normalized spacial score (nSPS) is 12.1. The molecule has 6 nitrogen and oxygen atoms in total. The third-order valence-corrected chi connectivity index (χ3v) is 6.09. The summed E-state index contributed by atoms with van der Waals surface area (Å²) in [6.45, 7) is 9.56. The van der Waals surface area contributed by atoms with Gasteiger partial charge in [0.1, 0.15) is 0 Å². The maximum atomic E-state index is 12.8. The van der Waals surface area contributed by atoms with Gasteiger partial charge in [0.25, 0.3) is 0 Å². The summed E-state index contributed by atoms with van der Waals surface area (Å²) < 4.78 is 23.9. The molecule has 156 valence electrons. The number of hydrogen-bond donors (Lipinski definition) is 2. The van der Waals surface area contributed by atoms with E-state index >= 15 is 0 Å². The Labute approximate surface area is 159 Å². The van der Waals surface area contributed by atoms with Crippen LogP contribution in [0.4, 0.5) is 0 Å². The van der Waals surface area contributed by atoms with Crippen molar-refractivity contribution in [3.8, 4) is 0 Å². The van der Waals surface area contributed by atoms with E-state index in [0.29, 0.717) is 25.0 Å². The molecule has 26 heavy (non-hydrogen) atoms. The molecule has 0 aliphatic heterocycles. The van der Waals surface area contributed by atoms with E-state index < -0.39 is 13.5 Å². The molecule has 0 atom stereocenters. The Bertz CT molecular complexity index is 377. The number of nitrogens with one attached hydrogen (secondary N) is 1. The monoisotopic (exact) mass is 393 g/mol. The van der Waals surface area contributed by atoms with Gasteiger partial charge in [-0.05, 0) is 24.7 Å². The fourth-order valence-corrected chi connectivity index (χ4v) is 4.16. The first-order valence-corrected chi connectivity index (χ1v) is 11.8. The molecule has 0 spiro atoms. The van der Waals surface area contributed by atoms with E-state index in [1.807, 2.05) is 0 Å². The number of unbranched alkanes of at least 4 members (excludes halogenated alkanes) is 4. The Morgan fingerprint density at radius 2 is 1.35 bits per heavy atom. The van der Waals surface area contributed by atoms with E-state index in [-0.39, 0.29) is 12.6 Å². The summed E-state index contributed by atoms with van der Waals surface area (Å²) in [5.41, 5.74) is 1.56. The quantitative estimate of drug-likeness (QED) is 0.147. The zero-order valence-electron chi connectivity index (χ0n) is 17.2. The van der Waals surface area contributed by atoms with Crippen molar-refractivity contribution in [2.24, 2.45) is 11.8 Å². The van der Waals surface area contributed by atoms with E-state index in [2.05, 4.69) is 27.7 Å². The summed E-state index contributed by atoms with van der Waals surface area (Å²) >= 11 is 0. The first-order chi connectivity index (χ1) is 12.3. The molecule has 0 saturated carbocycles. The minimum Gasteiger partial charge on any atom is -0.309 e. The van der Waals surface area contributed by atoms with E-state index in [4.69, 9.17) is 14.3 Å². The van der Waals surface area contributed by atoms with Crippen molar-refractivity contribution in [1.29, 1.82) is 0 Å². The Balaban J connectivity index is 4.16. The van der Waals surface area contributed by atoms with Gasteiger partial charge in [0.2, 0.25) is 5.91 Å². The van der Waals surface area contributed by atoms with Crippen LogP contribution in [0.5, 0.6) is 0 Å². The third-order valence-electron chi connectivity index (χ3n) is 4.17. The van der Waals surface area contributed by atoms with Crippen LogP contribution in [0.2, 0.25) is 0 Å². The molecule has 0 radical (unpaired) electrons. The predicted octanol–water partition coefficient (Wildman–Crippen LogP) is 5.54. The van der Waals surface area contributed by atoms with Crippen LogP contribution in [0.3, 0.4) is 0 Å². The van der Waals surface area contributed by atoms with Gasteiger partial charge in [-0.1, -0.05) is 66.2 Å². The van der Waals surface area contributed by atoms with Gasteiger partial charge in [-0.25, -0.2) is 5.48 Å². The van der Waals surface area contributed by atoms with Gasteiger partial charge in [-0.3, -0.25) is 14.6 Å². The van der Waals surface area contributed by atoms with Gasteiger partial charge in [-0.2, -0.15) is 0 Å². The number of hydrogen-bond acceptors (Lipinski definition) is 5. The van der Waals surface area contributed by atoms with Gasteiger partial charge < -0.3 is 9.05 Å². The van der Waals surface area contributed by atoms with Crippen LogP contribution < -0.4 is 5.48 Å². The molecular formula is C19H40NO5P. The highest BCUT2D eigenvalue weighted by Gasteiger charge is 2.25. The van der Waals surface area contributed by atoms with E-state index in [0.717, 1.165) is 38.5 Å². The average Bonchev–Trinajstić information content (AvgIpc) is 2.58. The summed E-state index contributed by atoms with van der Waals surface area (Å²) in [6, 6.07) is 0. The molecule has 7 heteroatoms. The van der Waals surface area contributed by atoms with Gasteiger partial charge >= 0.3 is 7.60 Å².